The number of benzene rings is 1. The first-order valence-corrected chi connectivity index (χ1v) is 11.8. The van der Waals surface area contributed by atoms with Gasteiger partial charge in [0.15, 0.2) is 9.84 Å². The molecule has 28 heavy (non-hydrogen) atoms. The molecule has 0 N–H and O–H groups in total. The van der Waals surface area contributed by atoms with Gasteiger partial charge in [0, 0.05) is 25.0 Å². The minimum atomic E-state index is -3.35. The standard InChI is InChI=1S/C23H30N2O2S/c1-23(2,28(26,27)21-9-12-24-13-10-21)11-6-14-25-17-19-15-20(25)16-22(19)18-7-4-3-5-8-18/h3-5,7-10,12-13,19-20,22H,6,11,14-17H2,1-2H3/t19-,20-,22-/m1/s1. The average molecular weight is 399 g/mol. The maximum Gasteiger partial charge on any atom is 0.183 e. The van der Waals surface area contributed by atoms with E-state index in [1.54, 1.807) is 24.5 Å². The number of pyridine rings is 1. The van der Waals surface area contributed by atoms with Crippen LogP contribution in [0, 0.1) is 5.92 Å². The van der Waals surface area contributed by atoms with Crippen LogP contribution in [0.4, 0.5) is 0 Å². The van der Waals surface area contributed by atoms with Crippen LogP contribution in [0.25, 0.3) is 0 Å². The Kier molecular flexibility index (Phi) is 5.32. The van der Waals surface area contributed by atoms with Gasteiger partial charge in [0.05, 0.1) is 9.64 Å². The van der Waals surface area contributed by atoms with Crippen molar-refractivity contribution < 1.29 is 8.42 Å². The van der Waals surface area contributed by atoms with Crippen LogP contribution >= 0.6 is 0 Å². The molecule has 1 aromatic carbocycles. The maximum atomic E-state index is 13.0. The molecule has 1 aliphatic carbocycles. The van der Waals surface area contributed by atoms with Gasteiger partial charge in [-0.05, 0) is 75.6 Å². The van der Waals surface area contributed by atoms with Crippen molar-refractivity contribution in [2.75, 3.05) is 13.1 Å². The number of fused-ring (bicyclic) bond motifs is 2. The maximum absolute atomic E-state index is 13.0. The average Bonchev–Trinajstić information content (AvgIpc) is 3.30. The fourth-order valence-corrected chi connectivity index (χ4v) is 6.64. The van der Waals surface area contributed by atoms with Crippen LogP contribution in [-0.4, -0.2) is 42.2 Å². The first-order valence-electron chi connectivity index (χ1n) is 10.3. The van der Waals surface area contributed by atoms with E-state index in [1.807, 2.05) is 13.8 Å². The molecule has 4 nitrogen and oxygen atoms in total. The monoisotopic (exact) mass is 398 g/mol. The summed E-state index contributed by atoms with van der Waals surface area (Å²) >= 11 is 0. The molecule has 2 heterocycles. The molecule has 2 aliphatic rings. The highest BCUT2D eigenvalue weighted by Crippen LogP contribution is 2.47. The van der Waals surface area contributed by atoms with E-state index in [9.17, 15) is 8.42 Å². The molecule has 1 aliphatic heterocycles. The molecule has 2 aromatic rings. The van der Waals surface area contributed by atoms with Gasteiger partial charge < -0.3 is 4.90 Å². The molecule has 150 valence electrons. The number of hydrogen-bond acceptors (Lipinski definition) is 4. The molecule has 4 rings (SSSR count). The van der Waals surface area contributed by atoms with Crippen LogP contribution in [0.5, 0.6) is 0 Å². The molecule has 0 spiro atoms. The van der Waals surface area contributed by atoms with E-state index in [0.717, 1.165) is 25.4 Å². The Morgan fingerprint density at radius 3 is 2.43 bits per heavy atom. The number of rotatable bonds is 7. The normalized spacial score (nSPS) is 25.3. The van der Waals surface area contributed by atoms with E-state index >= 15 is 0 Å². The van der Waals surface area contributed by atoms with Crippen molar-refractivity contribution in [2.45, 2.75) is 61.1 Å². The van der Waals surface area contributed by atoms with E-state index in [1.165, 1.54) is 18.4 Å². The number of aromatic nitrogens is 1. The van der Waals surface area contributed by atoms with Gasteiger partial charge in [0.1, 0.15) is 0 Å². The van der Waals surface area contributed by atoms with Crippen molar-refractivity contribution in [3.8, 4) is 0 Å². The zero-order chi connectivity index (χ0) is 19.8. The number of likely N-dealkylation sites (tertiary alicyclic amines) is 1. The van der Waals surface area contributed by atoms with E-state index in [4.69, 9.17) is 0 Å². The van der Waals surface area contributed by atoms with Crippen LogP contribution in [0.2, 0.25) is 0 Å². The Hall–Kier alpha value is -1.72. The summed E-state index contributed by atoms with van der Waals surface area (Å²) in [7, 11) is -3.35. The lowest BCUT2D eigenvalue weighted by Crippen LogP contribution is -2.37. The zero-order valence-electron chi connectivity index (χ0n) is 16.8. The minimum absolute atomic E-state index is 0.374. The van der Waals surface area contributed by atoms with Gasteiger partial charge in [-0.3, -0.25) is 4.98 Å². The summed E-state index contributed by atoms with van der Waals surface area (Å²) in [5.74, 6) is 1.45. The number of piperidine rings is 1. The third-order valence-electron chi connectivity index (χ3n) is 6.79. The summed E-state index contributed by atoms with van der Waals surface area (Å²) in [6.45, 7) is 5.86. The van der Waals surface area contributed by atoms with Gasteiger partial charge >= 0.3 is 0 Å². The number of hydrogen-bond donors (Lipinski definition) is 0. The molecule has 0 amide bonds. The lowest BCUT2D eigenvalue weighted by Gasteiger charge is -2.33. The minimum Gasteiger partial charge on any atom is -0.300 e. The van der Waals surface area contributed by atoms with Gasteiger partial charge in [-0.2, -0.15) is 0 Å². The van der Waals surface area contributed by atoms with Crippen LogP contribution < -0.4 is 0 Å². The topological polar surface area (TPSA) is 50.3 Å². The Morgan fingerprint density at radius 1 is 1.07 bits per heavy atom. The number of sulfone groups is 1. The lowest BCUT2D eigenvalue weighted by molar-refractivity contribution is 0.194. The fourth-order valence-electron chi connectivity index (χ4n) is 5.11. The molecule has 1 saturated heterocycles. The highest BCUT2D eigenvalue weighted by Gasteiger charge is 2.45. The summed E-state index contributed by atoms with van der Waals surface area (Å²) in [4.78, 5) is 6.90. The molecule has 2 fully saturated rings. The van der Waals surface area contributed by atoms with Crippen LogP contribution in [-0.2, 0) is 9.84 Å². The Balaban J connectivity index is 1.32. The van der Waals surface area contributed by atoms with Crippen molar-refractivity contribution >= 4 is 9.84 Å². The predicted molar refractivity (Wildman–Crippen MR) is 112 cm³/mol. The molecule has 5 heteroatoms. The van der Waals surface area contributed by atoms with Crippen molar-refractivity contribution in [2.24, 2.45) is 5.92 Å². The smallest absolute Gasteiger partial charge is 0.183 e. The first-order chi connectivity index (χ1) is 13.4. The molecule has 1 aromatic heterocycles. The van der Waals surface area contributed by atoms with E-state index in [-0.39, 0.29) is 0 Å². The van der Waals surface area contributed by atoms with E-state index in [0.29, 0.717) is 23.3 Å². The molecule has 0 unspecified atom stereocenters. The molecular formula is C23H30N2O2S. The van der Waals surface area contributed by atoms with Gasteiger partial charge in [-0.1, -0.05) is 30.3 Å². The largest absolute Gasteiger partial charge is 0.300 e. The summed E-state index contributed by atoms with van der Waals surface area (Å²) in [5, 5.41) is 0. The van der Waals surface area contributed by atoms with Crippen LogP contribution in [0.15, 0.2) is 59.8 Å². The second kappa shape index (κ2) is 7.60. The Bertz CT molecular complexity index is 897. The second-order valence-corrected chi connectivity index (χ2v) is 11.5. The summed E-state index contributed by atoms with van der Waals surface area (Å²) < 4.78 is 25.2. The lowest BCUT2D eigenvalue weighted by atomic mass is 9.87. The zero-order valence-corrected chi connectivity index (χ0v) is 17.6. The molecule has 3 atom stereocenters. The van der Waals surface area contributed by atoms with Gasteiger partial charge in [0.25, 0.3) is 0 Å². The third-order valence-corrected chi connectivity index (χ3v) is 9.35. The summed E-state index contributed by atoms with van der Waals surface area (Å²) in [6.07, 6.45) is 7.22. The molecule has 2 bridgehead atoms. The van der Waals surface area contributed by atoms with Gasteiger partial charge in [-0.25, -0.2) is 8.42 Å². The summed E-state index contributed by atoms with van der Waals surface area (Å²) in [5.41, 5.74) is 1.49. The molecule has 1 saturated carbocycles. The quantitative estimate of drug-likeness (QED) is 0.698. The van der Waals surface area contributed by atoms with Crippen molar-refractivity contribution in [1.29, 1.82) is 0 Å². The van der Waals surface area contributed by atoms with Gasteiger partial charge in [-0.15, -0.1) is 0 Å². The van der Waals surface area contributed by atoms with Crippen LogP contribution in [0.1, 0.15) is 51.0 Å². The van der Waals surface area contributed by atoms with Crippen molar-refractivity contribution in [1.82, 2.24) is 9.88 Å². The highest BCUT2D eigenvalue weighted by atomic mass is 32.2. The van der Waals surface area contributed by atoms with E-state index in [2.05, 4.69) is 40.2 Å². The van der Waals surface area contributed by atoms with Gasteiger partial charge in [0.2, 0.25) is 0 Å². The van der Waals surface area contributed by atoms with Crippen LogP contribution in [0.3, 0.4) is 0 Å². The first kappa shape index (κ1) is 19.6. The van der Waals surface area contributed by atoms with E-state index < -0.39 is 14.6 Å². The second-order valence-electron chi connectivity index (χ2n) is 8.95. The SMILES string of the molecule is CC(C)(CCCN1C[C@H]2C[C@@H]1C[C@@H]2c1ccccc1)S(=O)(=O)c1ccncc1. The summed E-state index contributed by atoms with van der Waals surface area (Å²) in [6, 6.07) is 14.8. The highest BCUT2D eigenvalue weighted by molar-refractivity contribution is 7.92. The van der Waals surface area contributed by atoms with Crippen molar-refractivity contribution in [3.05, 3.63) is 60.4 Å². The predicted octanol–water partition coefficient (Wildman–Crippen LogP) is 4.29. The Labute approximate surface area is 168 Å². The van der Waals surface area contributed by atoms with Crippen molar-refractivity contribution in [3.63, 3.8) is 0 Å². The Morgan fingerprint density at radius 2 is 1.79 bits per heavy atom. The molecular weight excluding hydrogens is 368 g/mol. The number of nitrogens with zero attached hydrogens (tertiary/aromatic N) is 2. The fraction of sp³-hybridized carbons (Fsp3) is 0.522. The third kappa shape index (κ3) is 3.62. The molecule has 0 radical (unpaired) electrons.